The van der Waals surface area contributed by atoms with Gasteiger partial charge in [0.05, 0.1) is 22.3 Å². The summed E-state index contributed by atoms with van der Waals surface area (Å²) in [6, 6.07) is 16.6. The molecule has 0 atom stereocenters. The molecule has 0 amide bonds. The van der Waals surface area contributed by atoms with E-state index in [1.807, 2.05) is 0 Å². The maximum atomic E-state index is 14.8. The van der Waals surface area contributed by atoms with Crippen LogP contribution in [-0.4, -0.2) is 0 Å². The summed E-state index contributed by atoms with van der Waals surface area (Å²) in [5.41, 5.74) is -1.46. The van der Waals surface area contributed by atoms with Gasteiger partial charge in [0.1, 0.15) is 46.3 Å². The van der Waals surface area contributed by atoms with Crippen LogP contribution in [0.4, 0.5) is 105 Å². The smallest absolute Gasteiger partial charge is 0.429 e. The van der Waals surface area contributed by atoms with E-state index < -0.39 is 163 Å². The molecule has 0 saturated heterocycles. The average Bonchev–Trinajstić information content (AvgIpc) is 0.795. The molecule has 28 heteroatoms. The molecule has 0 heterocycles. The molecule has 0 unspecified atom stereocenters. The lowest BCUT2D eigenvalue weighted by atomic mass is 9.68. The van der Waals surface area contributed by atoms with Crippen molar-refractivity contribution >= 4 is 0 Å². The Morgan fingerprint density at radius 2 is 0.394 bits per heavy atom. The Balaban J connectivity index is 0.000000159. The van der Waals surface area contributed by atoms with Crippen molar-refractivity contribution in [1.82, 2.24) is 0 Å². The summed E-state index contributed by atoms with van der Waals surface area (Å²) >= 11 is 0. The van der Waals surface area contributed by atoms with Gasteiger partial charge in [0.25, 0.3) is 0 Å². The van der Waals surface area contributed by atoms with Crippen LogP contribution in [-0.2, 0) is 24.4 Å². The van der Waals surface area contributed by atoms with Gasteiger partial charge in [-0.05, 0) is 320 Å². The molecule has 4 nitrogen and oxygen atoms in total. The third kappa shape index (κ3) is 29.0. The average molecular weight is 2020 g/mol. The van der Waals surface area contributed by atoms with E-state index in [1.165, 1.54) is 191 Å². The Bertz CT molecular complexity index is 5280. The number of hydrogen-bond donors (Lipinski definition) is 0. The first-order valence-electron chi connectivity index (χ1n) is 51.8. The molecule has 0 aromatic heterocycles. The van der Waals surface area contributed by atoms with Crippen molar-refractivity contribution in [1.29, 1.82) is 0 Å². The number of hydrogen-bond acceptors (Lipinski definition) is 4. The molecular weight excluding hydrogens is 1890 g/mol. The predicted molar refractivity (Wildman–Crippen MR) is 498 cm³/mol. The summed E-state index contributed by atoms with van der Waals surface area (Å²) in [6.07, 6.45) is 32.9. The van der Waals surface area contributed by atoms with E-state index >= 15 is 0 Å². The zero-order chi connectivity index (χ0) is 102. The Hall–Kier alpha value is -8.72. The van der Waals surface area contributed by atoms with Crippen LogP contribution in [0.3, 0.4) is 0 Å². The largest absolute Gasteiger partial charge is 0.429 e. The van der Waals surface area contributed by atoms with Gasteiger partial charge >= 0.3 is 24.4 Å². The molecule has 8 aliphatic carbocycles. The summed E-state index contributed by atoms with van der Waals surface area (Å²) < 4.78 is 352. The molecule has 8 aromatic carbocycles. The Morgan fingerprint density at radius 3 is 0.585 bits per heavy atom. The first-order valence-corrected chi connectivity index (χ1v) is 51.8. The lowest BCUT2D eigenvalue weighted by molar-refractivity contribution is -0.188. The summed E-state index contributed by atoms with van der Waals surface area (Å²) in [4.78, 5) is 0. The second-order valence-electron chi connectivity index (χ2n) is 41.6. The van der Waals surface area contributed by atoms with Crippen LogP contribution in [0.15, 0.2) is 121 Å². The van der Waals surface area contributed by atoms with Crippen molar-refractivity contribution in [3.63, 3.8) is 0 Å². The first-order chi connectivity index (χ1) is 67.7. The van der Waals surface area contributed by atoms with Crippen LogP contribution in [0, 0.1) is 164 Å². The maximum absolute atomic E-state index is 14.8. The Morgan fingerprint density at radius 1 is 0.204 bits per heavy atom. The Labute approximate surface area is 818 Å². The molecule has 0 radical (unpaired) electrons. The minimum absolute atomic E-state index is 0.111. The van der Waals surface area contributed by atoms with Crippen LogP contribution in [0.2, 0.25) is 0 Å². The fourth-order valence-corrected chi connectivity index (χ4v) is 24.5. The number of alkyl halides is 8. The second-order valence-corrected chi connectivity index (χ2v) is 41.6. The molecule has 0 N–H and O–H groups in total. The van der Waals surface area contributed by atoms with E-state index in [9.17, 15) is 105 Å². The lowest BCUT2D eigenvalue weighted by Crippen LogP contribution is -2.26. The fraction of sp³-hybridized carbons (Fsp3) is 0.579. The van der Waals surface area contributed by atoms with Gasteiger partial charge in [-0.1, -0.05) is 168 Å². The van der Waals surface area contributed by atoms with Crippen LogP contribution in [0.1, 0.15) is 366 Å². The Kier molecular flexibility index (Phi) is 39.0. The van der Waals surface area contributed by atoms with Gasteiger partial charge in [0.2, 0.25) is 0 Å². The highest BCUT2D eigenvalue weighted by Gasteiger charge is 2.46. The summed E-state index contributed by atoms with van der Waals surface area (Å²) in [6.45, 7) is 8.97. The maximum Gasteiger partial charge on any atom is 0.429 e. The van der Waals surface area contributed by atoms with Crippen molar-refractivity contribution in [3.05, 3.63) is 259 Å². The molecule has 8 saturated carbocycles. The molecule has 8 aromatic rings. The van der Waals surface area contributed by atoms with E-state index in [0.29, 0.717) is 94.5 Å². The van der Waals surface area contributed by atoms with Gasteiger partial charge in [-0.15, -0.1) is 0 Å². The molecule has 0 aliphatic heterocycles. The zero-order valence-corrected chi connectivity index (χ0v) is 81.2. The SMILES string of the molecule is CCC1CCC(C2CCC(c3ccc(C(F)(F)Oc4cc(F)c(F)c(F)c4)c(F)c3)CC2)CC1.CCCC1CCC(C2CCC(c3ccc(C(F)(F)Oc4cc(F)c(F)c(F)c4)c(F)c3)CC2)CC1.CCCCC1CCC(C2CCC(c3ccc(C(F)(F)Oc4cc(F)c(F)c(F)c4)c(F)c3)CC2)CC1.CCCCCC1CCC(C2CCC(c3ccc(C(F)(F)Oc4cc(F)c(F)c(F)c4)c(F)c3)CC2)CC1. The lowest BCUT2D eigenvalue weighted by Gasteiger charge is -2.38. The number of ether oxygens (including phenoxy) is 4. The van der Waals surface area contributed by atoms with Crippen molar-refractivity contribution in [2.24, 2.45) is 71.0 Å². The molecule has 780 valence electrons. The fourth-order valence-electron chi connectivity index (χ4n) is 24.5. The normalized spacial score (nSPS) is 25.3. The van der Waals surface area contributed by atoms with Crippen LogP contribution >= 0.6 is 0 Å². The molecular formula is C114H132F24O4. The third-order valence-electron chi connectivity index (χ3n) is 32.7. The molecule has 8 fully saturated rings. The predicted octanol–water partition coefficient (Wildman–Crippen LogP) is 37.8. The van der Waals surface area contributed by atoms with Gasteiger partial charge < -0.3 is 18.9 Å². The van der Waals surface area contributed by atoms with Crippen LogP contribution in [0.5, 0.6) is 23.0 Å². The van der Waals surface area contributed by atoms with E-state index in [1.54, 1.807) is 0 Å². The summed E-state index contributed by atoms with van der Waals surface area (Å²) in [5.74, 6) is -19.1. The third-order valence-corrected chi connectivity index (χ3v) is 32.7. The monoisotopic (exact) mass is 2020 g/mol. The minimum atomic E-state index is -4.19. The summed E-state index contributed by atoms with van der Waals surface area (Å²) in [7, 11) is 0. The van der Waals surface area contributed by atoms with E-state index in [-0.39, 0.29) is 23.7 Å². The van der Waals surface area contributed by atoms with Crippen molar-refractivity contribution in [2.45, 2.75) is 345 Å². The number of unbranched alkanes of at least 4 members (excludes halogenated alkanes) is 3. The van der Waals surface area contributed by atoms with Gasteiger partial charge in [0, 0.05) is 48.5 Å². The van der Waals surface area contributed by atoms with Gasteiger partial charge in [-0.25, -0.2) is 70.2 Å². The molecule has 0 bridgehead atoms. The van der Waals surface area contributed by atoms with Crippen molar-refractivity contribution in [3.8, 4) is 23.0 Å². The number of rotatable bonds is 30. The van der Waals surface area contributed by atoms with Crippen LogP contribution in [0.25, 0.3) is 0 Å². The zero-order valence-electron chi connectivity index (χ0n) is 81.2. The second kappa shape index (κ2) is 50.1. The van der Waals surface area contributed by atoms with Gasteiger partial charge in [0.15, 0.2) is 69.8 Å². The van der Waals surface area contributed by atoms with E-state index in [0.717, 1.165) is 199 Å². The highest BCUT2D eigenvalue weighted by molar-refractivity contribution is 5.37. The van der Waals surface area contributed by atoms with E-state index in [4.69, 9.17) is 0 Å². The van der Waals surface area contributed by atoms with Gasteiger partial charge in [-0.2, -0.15) is 35.1 Å². The van der Waals surface area contributed by atoms with Gasteiger partial charge in [-0.3, -0.25) is 0 Å². The highest BCUT2D eigenvalue weighted by atomic mass is 19.3. The minimum Gasteiger partial charge on any atom is -0.429 e. The summed E-state index contributed by atoms with van der Waals surface area (Å²) in [5, 5.41) is 0. The standard InChI is InChI=1S/C30H36F6O.C29H34F6O.C28H32F6O.C27H30F6O/c1-2-3-4-5-19-6-8-20(9-7-19)21-10-12-22(13-11-21)23-14-15-25(26(31)16-23)30(35,36)37-24-17-27(32)29(34)28(33)18-24;1-2-3-4-18-5-7-19(8-6-18)20-9-11-21(12-10-20)22-13-14-24(25(30)15-22)29(34,35)36-23-16-26(31)28(33)27(32)17-23;1-2-3-17-4-6-18(7-5-17)19-8-10-20(11-9-19)21-12-13-23(24(29)14-21)28(33,34)35-22-15-25(30)27(32)26(31)16-22;1-2-16-3-5-17(6-4-16)18-7-9-19(10-8-18)20-11-12-22(23(28)13-20)27(32,33)34-21-14-24(29)26(31)25(30)15-21/h14-22H,2-13H2,1H3;13-21H,2-12H2,1H3;12-20H,2-11H2,1H3;11-19H,2-10H2,1H3. The topological polar surface area (TPSA) is 36.9 Å². The van der Waals surface area contributed by atoms with E-state index in [2.05, 4.69) is 46.6 Å². The number of benzene rings is 8. The highest BCUT2D eigenvalue weighted by Crippen LogP contribution is 2.53. The van der Waals surface area contributed by atoms with Crippen molar-refractivity contribution in [2.75, 3.05) is 0 Å². The molecule has 8 aliphatic rings. The first kappa shape index (κ1) is 110. The van der Waals surface area contributed by atoms with Crippen LogP contribution < -0.4 is 18.9 Å². The number of halogens is 24. The molecule has 0 spiro atoms. The quantitative estimate of drug-likeness (QED) is 0.0255. The van der Waals surface area contributed by atoms with Crippen molar-refractivity contribution < 1.29 is 124 Å². The molecule has 142 heavy (non-hydrogen) atoms. The molecule has 16 rings (SSSR count).